The van der Waals surface area contributed by atoms with Crippen LogP contribution in [0.5, 0.6) is 23.0 Å². The van der Waals surface area contributed by atoms with E-state index in [0.29, 0.717) is 39.5 Å². The number of fused-ring (bicyclic) bond motifs is 1. The summed E-state index contributed by atoms with van der Waals surface area (Å²) in [6, 6.07) is 17.5. The molecule has 0 saturated carbocycles. The van der Waals surface area contributed by atoms with Crippen LogP contribution in [-0.4, -0.2) is 34.0 Å². The molecule has 0 bridgehead atoms. The van der Waals surface area contributed by atoms with Crippen LogP contribution in [0, 0.1) is 5.82 Å². The number of carbonyl (C=O) groups excluding carboxylic acids is 1. The average Bonchev–Trinajstić information content (AvgIpc) is 2.95. The molecule has 0 unspecified atom stereocenters. The van der Waals surface area contributed by atoms with Crippen molar-refractivity contribution in [3.05, 3.63) is 113 Å². The summed E-state index contributed by atoms with van der Waals surface area (Å²) >= 11 is 0. The zero-order valence-corrected chi connectivity index (χ0v) is 21.3. The fraction of sp³-hybridized carbons (Fsp3) is 0.133. The first-order chi connectivity index (χ1) is 19.0. The number of ketones is 1. The zero-order chi connectivity index (χ0) is 27.4. The minimum absolute atomic E-state index is 0.0252. The molecular formula is C30H24FN3O5. The van der Waals surface area contributed by atoms with E-state index in [4.69, 9.17) is 14.2 Å². The second-order valence-electron chi connectivity index (χ2n) is 8.54. The lowest BCUT2D eigenvalue weighted by Gasteiger charge is -2.13. The van der Waals surface area contributed by atoms with Crippen molar-refractivity contribution in [3.8, 4) is 28.7 Å². The van der Waals surface area contributed by atoms with E-state index < -0.39 is 17.2 Å². The summed E-state index contributed by atoms with van der Waals surface area (Å²) in [6.45, 7) is 2.06. The van der Waals surface area contributed by atoms with Gasteiger partial charge in [0.25, 0.3) is 5.56 Å². The second-order valence-corrected chi connectivity index (χ2v) is 8.54. The van der Waals surface area contributed by atoms with Crippen LogP contribution in [0.15, 0.2) is 90.1 Å². The van der Waals surface area contributed by atoms with E-state index in [-0.39, 0.29) is 24.3 Å². The van der Waals surface area contributed by atoms with Gasteiger partial charge < -0.3 is 14.2 Å². The summed E-state index contributed by atoms with van der Waals surface area (Å²) in [7, 11) is 1.56. The fourth-order valence-electron chi connectivity index (χ4n) is 4.11. The predicted octanol–water partition coefficient (Wildman–Crippen LogP) is 5.54. The van der Waals surface area contributed by atoms with Gasteiger partial charge in [-0.3, -0.25) is 19.1 Å². The van der Waals surface area contributed by atoms with Crippen LogP contribution < -0.4 is 19.8 Å². The van der Waals surface area contributed by atoms with Crippen molar-refractivity contribution in [1.82, 2.24) is 14.5 Å². The number of aromatic nitrogens is 3. The maximum Gasteiger partial charge on any atom is 0.269 e. The normalized spacial score (nSPS) is 10.8. The maximum atomic E-state index is 13.4. The summed E-state index contributed by atoms with van der Waals surface area (Å²) < 4.78 is 31.5. The third-order valence-electron chi connectivity index (χ3n) is 6.00. The number of Topliss-reactive ketones (excluding diaryl/α,β-unsaturated/α-hetero) is 1. The second kappa shape index (κ2) is 11.1. The van der Waals surface area contributed by atoms with Crippen molar-refractivity contribution >= 4 is 16.8 Å². The van der Waals surface area contributed by atoms with E-state index in [1.165, 1.54) is 35.0 Å². The fourth-order valence-corrected chi connectivity index (χ4v) is 4.11. The third kappa shape index (κ3) is 5.47. The Bertz CT molecular complexity index is 1700. The topological polar surface area (TPSA) is 92.5 Å². The Kier molecular flexibility index (Phi) is 7.31. The summed E-state index contributed by atoms with van der Waals surface area (Å²) in [5.74, 6) is 1.06. The Morgan fingerprint density at radius 2 is 1.72 bits per heavy atom. The van der Waals surface area contributed by atoms with Gasteiger partial charge in [-0.25, -0.2) is 9.37 Å². The van der Waals surface area contributed by atoms with E-state index in [0.717, 1.165) is 0 Å². The molecule has 8 nitrogen and oxygen atoms in total. The first-order valence-corrected chi connectivity index (χ1v) is 12.2. The van der Waals surface area contributed by atoms with Gasteiger partial charge in [0.05, 0.1) is 25.4 Å². The molecule has 0 saturated heterocycles. The van der Waals surface area contributed by atoms with E-state index in [9.17, 15) is 14.0 Å². The van der Waals surface area contributed by atoms with Gasteiger partial charge in [-0.15, -0.1) is 0 Å². The Balaban J connectivity index is 1.38. The molecule has 196 valence electrons. The van der Waals surface area contributed by atoms with E-state index in [1.54, 1.807) is 68.9 Å². The molecule has 0 radical (unpaired) electrons. The number of halogens is 1. The molecule has 9 heteroatoms. The van der Waals surface area contributed by atoms with Crippen molar-refractivity contribution in [2.75, 3.05) is 13.7 Å². The highest BCUT2D eigenvalue weighted by molar-refractivity contribution is 5.99. The van der Waals surface area contributed by atoms with Crippen LogP contribution in [0.25, 0.3) is 16.7 Å². The number of methoxy groups -OCH3 is 1. The Labute approximate surface area is 223 Å². The molecule has 0 N–H and O–H groups in total. The molecule has 0 spiro atoms. The lowest BCUT2D eigenvalue weighted by Crippen LogP contribution is -2.26. The van der Waals surface area contributed by atoms with E-state index in [1.807, 2.05) is 0 Å². The molecule has 0 atom stereocenters. The van der Waals surface area contributed by atoms with Gasteiger partial charge in [0.1, 0.15) is 34.1 Å². The molecule has 0 aliphatic heterocycles. The number of carbonyl (C=O) groups is 1. The number of pyridine rings is 3. The third-order valence-corrected chi connectivity index (χ3v) is 6.00. The molecule has 0 aliphatic rings. The summed E-state index contributed by atoms with van der Waals surface area (Å²) in [5.41, 5.74) is 1.75. The minimum atomic E-state index is -0.536. The maximum absolute atomic E-state index is 13.4. The molecule has 0 fully saturated rings. The number of benzene rings is 2. The number of nitrogens with zero attached hydrogens (tertiary/aromatic N) is 3. The van der Waals surface area contributed by atoms with Gasteiger partial charge in [-0.2, -0.15) is 0 Å². The van der Waals surface area contributed by atoms with Crippen molar-refractivity contribution in [3.63, 3.8) is 0 Å². The van der Waals surface area contributed by atoms with Crippen molar-refractivity contribution in [1.29, 1.82) is 0 Å². The Morgan fingerprint density at radius 1 is 0.949 bits per heavy atom. The number of hydrogen-bond acceptors (Lipinski definition) is 7. The number of rotatable bonds is 9. The van der Waals surface area contributed by atoms with Gasteiger partial charge >= 0.3 is 0 Å². The van der Waals surface area contributed by atoms with Gasteiger partial charge in [-0.1, -0.05) is 12.1 Å². The lowest BCUT2D eigenvalue weighted by atomic mass is 10.0. The van der Waals surface area contributed by atoms with Crippen LogP contribution in [0.2, 0.25) is 0 Å². The number of ether oxygens (including phenoxy) is 3. The average molecular weight is 526 g/mol. The van der Waals surface area contributed by atoms with Gasteiger partial charge in [0.15, 0.2) is 11.5 Å². The molecule has 39 heavy (non-hydrogen) atoms. The van der Waals surface area contributed by atoms with E-state index >= 15 is 0 Å². The molecule has 2 aromatic carbocycles. The monoisotopic (exact) mass is 525 g/mol. The SMILES string of the molecule is CCOc1ccn(-c2ccc(F)cc2)c(=O)c1C(=O)Cc1ccc(Oc2ccnc3cc(OC)cnc23)cc1. The molecular weight excluding hydrogens is 501 g/mol. The van der Waals surface area contributed by atoms with Crippen LogP contribution in [0.3, 0.4) is 0 Å². The molecule has 0 amide bonds. The summed E-state index contributed by atoms with van der Waals surface area (Å²) in [5, 5.41) is 0. The highest BCUT2D eigenvalue weighted by Crippen LogP contribution is 2.29. The van der Waals surface area contributed by atoms with Crippen LogP contribution >= 0.6 is 0 Å². The number of hydrogen-bond donors (Lipinski definition) is 0. The lowest BCUT2D eigenvalue weighted by molar-refractivity contribution is 0.0987. The van der Waals surface area contributed by atoms with Crippen LogP contribution in [0.4, 0.5) is 4.39 Å². The summed E-state index contributed by atoms with van der Waals surface area (Å²) in [4.78, 5) is 35.3. The highest BCUT2D eigenvalue weighted by Gasteiger charge is 2.20. The Hall–Kier alpha value is -5.05. The molecule has 3 aromatic heterocycles. The molecule has 5 rings (SSSR count). The molecule has 0 aliphatic carbocycles. The van der Waals surface area contributed by atoms with Crippen molar-refractivity contribution < 1.29 is 23.4 Å². The standard InChI is InChI=1S/C30H24FN3O5/c1-3-38-26-13-15-34(21-8-6-20(31)7-9-21)30(36)28(26)25(35)16-19-4-10-22(11-5-19)39-27-12-14-32-24-17-23(37-2)18-33-29(24)27/h4-15,17-18H,3,16H2,1-2H3. The molecule has 5 aromatic rings. The van der Waals surface area contributed by atoms with Crippen LogP contribution in [0.1, 0.15) is 22.8 Å². The quantitative estimate of drug-likeness (QED) is 0.233. The van der Waals surface area contributed by atoms with Gasteiger partial charge in [0.2, 0.25) is 0 Å². The predicted molar refractivity (Wildman–Crippen MR) is 144 cm³/mol. The highest BCUT2D eigenvalue weighted by atomic mass is 19.1. The van der Waals surface area contributed by atoms with Crippen LogP contribution in [-0.2, 0) is 6.42 Å². The van der Waals surface area contributed by atoms with Gasteiger partial charge in [-0.05, 0) is 55.0 Å². The first-order valence-electron chi connectivity index (χ1n) is 12.2. The first kappa shape index (κ1) is 25.6. The van der Waals surface area contributed by atoms with E-state index in [2.05, 4.69) is 9.97 Å². The largest absolute Gasteiger partial charge is 0.495 e. The van der Waals surface area contributed by atoms with Crippen molar-refractivity contribution in [2.24, 2.45) is 0 Å². The zero-order valence-electron chi connectivity index (χ0n) is 21.3. The molecule has 3 heterocycles. The smallest absolute Gasteiger partial charge is 0.269 e. The Morgan fingerprint density at radius 3 is 2.44 bits per heavy atom. The summed E-state index contributed by atoms with van der Waals surface area (Å²) in [6.07, 6.45) is 4.70. The van der Waals surface area contributed by atoms with Gasteiger partial charge in [0, 0.05) is 36.6 Å². The van der Waals surface area contributed by atoms with Crippen molar-refractivity contribution in [2.45, 2.75) is 13.3 Å². The minimum Gasteiger partial charge on any atom is -0.495 e.